The molecule has 4 rings (SSSR count). The summed E-state index contributed by atoms with van der Waals surface area (Å²) in [5.41, 5.74) is 3.14. The summed E-state index contributed by atoms with van der Waals surface area (Å²) in [6, 6.07) is 10.2. The molecule has 1 amide bonds. The highest BCUT2D eigenvalue weighted by Crippen LogP contribution is 2.49. The molecule has 0 saturated heterocycles. The van der Waals surface area contributed by atoms with Gasteiger partial charge in [-0.3, -0.25) is 4.79 Å². The molecule has 0 unspecified atom stereocenters. The zero-order chi connectivity index (χ0) is 21.5. The lowest BCUT2D eigenvalue weighted by Gasteiger charge is -2.36. The van der Waals surface area contributed by atoms with Gasteiger partial charge in [0.25, 0.3) is 0 Å². The van der Waals surface area contributed by atoms with Gasteiger partial charge in [0.1, 0.15) is 5.00 Å². The first-order valence-corrected chi connectivity index (χ1v) is 11.8. The normalized spacial score (nSPS) is 22.9. The van der Waals surface area contributed by atoms with Gasteiger partial charge in [-0.1, -0.05) is 57.5 Å². The molecule has 2 aliphatic rings. The van der Waals surface area contributed by atoms with E-state index < -0.39 is 0 Å². The molecule has 2 aromatic rings. The van der Waals surface area contributed by atoms with Crippen molar-refractivity contribution in [1.29, 1.82) is 0 Å². The summed E-state index contributed by atoms with van der Waals surface area (Å²) < 4.78 is 5.08. The van der Waals surface area contributed by atoms with Gasteiger partial charge in [-0.15, -0.1) is 11.3 Å². The minimum Gasteiger partial charge on any atom is -0.465 e. The molecule has 1 heterocycles. The Labute approximate surface area is 183 Å². The molecule has 2 aliphatic carbocycles. The lowest BCUT2D eigenvalue weighted by Crippen LogP contribution is -2.28. The van der Waals surface area contributed by atoms with E-state index in [2.05, 4.69) is 38.2 Å². The van der Waals surface area contributed by atoms with Gasteiger partial charge in [0.2, 0.25) is 5.91 Å². The van der Waals surface area contributed by atoms with Gasteiger partial charge in [-0.25, -0.2) is 4.79 Å². The van der Waals surface area contributed by atoms with E-state index in [0.29, 0.717) is 16.5 Å². The molecule has 1 N–H and O–H groups in total. The highest BCUT2D eigenvalue weighted by molar-refractivity contribution is 7.17. The largest absolute Gasteiger partial charge is 0.465 e. The molecule has 160 valence electrons. The molecule has 0 spiro atoms. The summed E-state index contributed by atoms with van der Waals surface area (Å²) in [6.45, 7) is 6.90. The number of amides is 1. The zero-order valence-corrected chi connectivity index (χ0v) is 19.1. The number of nitrogens with one attached hydrogen (secondary N) is 1. The van der Waals surface area contributed by atoms with Crippen LogP contribution >= 0.6 is 11.3 Å². The van der Waals surface area contributed by atoms with Gasteiger partial charge in [0.05, 0.1) is 12.7 Å². The quantitative estimate of drug-likeness (QED) is 0.594. The highest BCUT2D eigenvalue weighted by atomic mass is 32.1. The summed E-state index contributed by atoms with van der Waals surface area (Å²) >= 11 is 1.57. The van der Waals surface area contributed by atoms with Crippen LogP contribution in [-0.2, 0) is 22.4 Å². The lowest BCUT2D eigenvalue weighted by atomic mass is 9.69. The summed E-state index contributed by atoms with van der Waals surface area (Å²) in [6.07, 6.45) is 4.91. The highest BCUT2D eigenvalue weighted by Gasteiger charge is 2.44. The summed E-state index contributed by atoms with van der Waals surface area (Å²) in [5.74, 6) is 0.513. The van der Waals surface area contributed by atoms with Gasteiger partial charge in [-0.05, 0) is 54.1 Å². The lowest BCUT2D eigenvalue weighted by molar-refractivity contribution is -0.117. The molecule has 1 saturated carbocycles. The fraction of sp³-hybridized carbons (Fsp3) is 0.520. The van der Waals surface area contributed by atoms with Crippen LogP contribution in [0, 0.1) is 17.3 Å². The molecule has 0 radical (unpaired) electrons. The molecule has 1 fully saturated rings. The number of hydrogen-bond acceptors (Lipinski definition) is 4. The van der Waals surface area contributed by atoms with Gasteiger partial charge in [-0.2, -0.15) is 0 Å². The first-order chi connectivity index (χ1) is 14.4. The van der Waals surface area contributed by atoms with E-state index in [1.807, 2.05) is 18.2 Å². The van der Waals surface area contributed by atoms with Crippen molar-refractivity contribution >= 4 is 28.2 Å². The Hall–Kier alpha value is -2.14. The number of carbonyl (C=O) groups is 2. The van der Waals surface area contributed by atoms with Crippen LogP contribution < -0.4 is 5.32 Å². The standard InChI is InChI=1S/C25H31NO3S/c1-5-25(2,3)16-11-12-17-20(13-16)30-23(21(17)24(28)29-4)26-22(27)19-14-18(19)15-9-7-6-8-10-15/h6-10,16,18-19H,5,11-14H2,1-4H3,(H,26,27)/t16-,18+,19-/m1/s1. The molecule has 1 aromatic carbocycles. The monoisotopic (exact) mass is 425 g/mol. The van der Waals surface area contributed by atoms with Crippen molar-refractivity contribution in [3.63, 3.8) is 0 Å². The summed E-state index contributed by atoms with van der Waals surface area (Å²) in [5, 5.41) is 3.76. The number of fused-ring (bicyclic) bond motifs is 1. The topological polar surface area (TPSA) is 55.4 Å². The number of ether oxygens (including phenoxy) is 1. The zero-order valence-electron chi connectivity index (χ0n) is 18.3. The van der Waals surface area contributed by atoms with Gasteiger partial charge >= 0.3 is 5.97 Å². The molecule has 1 aromatic heterocycles. The maximum atomic E-state index is 12.9. The van der Waals surface area contributed by atoms with E-state index in [0.717, 1.165) is 37.7 Å². The van der Waals surface area contributed by atoms with E-state index in [4.69, 9.17) is 4.74 Å². The first-order valence-electron chi connectivity index (χ1n) is 10.9. The SMILES string of the molecule is CCC(C)(C)[C@@H]1CCc2c(sc(NC(=O)[C@@H]3C[C@H]3c3ccccc3)c2C(=O)OC)C1. The number of carbonyl (C=O) groups excluding carboxylic acids is 2. The van der Waals surface area contributed by atoms with Gasteiger partial charge in [0.15, 0.2) is 0 Å². The minimum atomic E-state index is -0.341. The van der Waals surface area contributed by atoms with Crippen molar-refractivity contribution in [1.82, 2.24) is 0 Å². The molecule has 30 heavy (non-hydrogen) atoms. The third-order valence-electron chi connectivity index (χ3n) is 7.26. The average molecular weight is 426 g/mol. The maximum absolute atomic E-state index is 12.9. The third kappa shape index (κ3) is 3.92. The van der Waals surface area contributed by atoms with Crippen molar-refractivity contribution in [2.75, 3.05) is 12.4 Å². The van der Waals surface area contributed by atoms with E-state index >= 15 is 0 Å². The smallest absolute Gasteiger partial charge is 0.341 e. The van der Waals surface area contributed by atoms with E-state index in [1.54, 1.807) is 11.3 Å². The van der Waals surface area contributed by atoms with Crippen LogP contribution in [0.4, 0.5) is 5.00 Å². The van der Waals surface area contributed by atoms with Crippen molar-refractivity contribution in [2.45, 2.75) is 58.8 Å². The van der Waals surface area contributed by atoms with Gasteiger partial charge in [0, 0.05) is 10.8 Å². The predicted molar refractivity (Wildman–Crippen MR) is 121 cm³/mol. The van der Waals surface area contributed by atoms with Crippen molar-refractivity contribution in [3.05, 3.63) is 51.9 Å². The van der Waals surface area contributed by atoms with Crippen LogP contribution in [0.25, 0.3) is 0 Å². The van der Waals surface area contributed by atoms with Crippen LogP contribution in [0.5, 0.6) is 0 Å². The molecular formula is C25H31NO3S. The number of methoxy groups -OCH3 is 1. The Balaban J connectivity index is 1.55. The number of esters is 1. The second kappa shape index (κ2) is 8.18. The molecule has 4 nitrogen and oxygen atoms in total. The summed E-state index contributed by atoms with van der Waals surface area (Å²) in [4.78, 5) is 26.8. The number of benzene rings is 1. The number of rotatable bonds is 6. The Morgan fingerprint density at radius 1 is 1.23 bits per heavy atom. The Morgan fingerprint density at radius 3 is 2.63 bits per heavy atom. The second-order valence-electron chi connectivity index (χ2n) is 9.33. The maximum Gasteiger partial charge on any atom is 0.341 e. The van der Waals surface area contributed by atoms with E-state index in [1.165, 1.54) is 17.6 Å². The van der Waals surface area contributed by atoms with E-state index in [-0.39, 0.29) is 29.1 Å². The van der Waals surface area contributed by atoms with Crippen molar-refractivity contribution in [2.24, 2.45) is 17.3 Å². The fourth-order valence-corrected chi connectivity index (χ4v) is 6.02. The van der Waals surface area contributed by atoms with Crippen LogP contribution in [0.15, 0.2) is 30.3 Å². The van der Waals surface area contributed by atoms with E-state index in [9.17, 15) is 9.59 Å². The molecule has 5 heteroatoms. The Morgan fingerprint density at radius 2 is 1.97 bits per heavy atom. The number of thiophene rings is 1. The molecule has 0 bridgehead atoms. The minimum absolute atomic E-state index is 0.0121. The first kappa shape index (κ1) is 21.1. The predicted octanol–water partition coefficient (Wildman–Crippen LogP) is 5.82. The van der Waals surface area contributed by atoms with Crippen LogP contribution in [-0.4, -0.2) is 19.0 Å². The van der Waals surface area contributed by atoms with Crippen molar-refractivity contribution in [3.8, 4) is 0 Å². The Kier molecular flexibility index (Phi) is 5.75. The molecule has 3 atom stereocenters. The second-order valence-corrected chi connectivity index (χ2v) is 10.4. The number of hydrogen-bond donors (Lipinski definition) is 1. The van der Waals surface area contributed by atoms with Crippen LogP contribution in [0.1, 0.15) is 72.3 Å². The van der Waals surface area contributed by atoms with Crippen LogP contribution in [0.2, 0.25) is 0 Å². The Bertz CT molecular complexity index is 947. The van der Waals surface area contributed by atoms with Gasteiger partial charge < -0.3 is 10.1 Å². The van der Waals surface area contributed by atoms with Crippen LogP contribution in [0.3, 0.4) is 0 Å². The average Bonchev–Trinajstić information content (AvgIpc) is 3.49. The molecular weight excluding hydrogens is 394 g/mol. The van der Waals surface area contributed by atoms with Crippen molar-refractivity contribution < 1.29 is 14.3 Å². The summed E-state index contributed by atoms with van der Waals surface area (Å²) in [7, 11) is 1.41. The molecule has 0 aliphatic heterocycles. The fourth-order valence-electron chi connectivity index (χ4n) is 4.71. The number of anilines is 1. The third-order valence-corrected chi connectivity index (χ3v) is 8.43.